The topological polar surface area (TPSA) is 80.3 Å². The van der Waals surface area contributed by atoms with E-state index in [2.05, 4.69) is 0 Å². The largest absolute Gasteiger partial charge is 0.496 e. The number of esters is 2. The standard InChI is InChI=1S/C23H22O7/c1-13-10-11-15-17(12-13)20(22(28-5)21(27-4)19(15)29-14(2)24)30-23(25)16-8-6-7-9-18(16)26-3/h6-12H,1-5H3. The Labute approximate surface area is 174 Å². The van der Waals surface area contributed by atoms with E-state index in [1.807, 2.05) is 19.1 Å². The molecule has 0 bridgehead atoms. The molecule has 0 unspecified atom stereocenters. The minimum absolute atomic E-state index is 0.134. The number of methoxy groups -OCH3 is 3. The third-order valence-electron chi connectivity index (χ3n) is 4.46. The molecule has 0 radical (unpaired) electrons. The van der Waals surface area contributed by atoms with E-state index in [4.69, 9.17) is 23.7 Å². The van der Waals surface area contributed by atoms with Crippen molar-refractivity contribution in [3.05, 3.63) is 53.6 Å². The second-order valence-electron chi connectivity index (χ2n) is 6.46. The summed E-state index contributed by atoms with van der Waals surface area (Å²) >= 11 is 0. The molecule has 3 aromatic rings. The number of aryl methyl sites for hydroxylation is 1. The normalized spacial score (nSPS) is 10.4. The van der Waals surface area contributed by atoms with Gasteiger partial charge in [0.05, 0.1) is 21.3 Å². The molecule has 7 heteroatoms. The van der Waals surface area contributed by atoms with E-state index >= 15 is 0 Å². The summed E-state index contributed by atoms with van der Waals surface area (Å²) in [5, 5.41) is 1.07. The molecule has 156 valence electrons. The zero-order valence-corrected chi connectivity index (χ0v) is 17.4. The molecule has 0 saturated carbocycles. The summed E-state index contributed by atoms with van der Waals surface area (Å²) in [7, 11) is 4.30. The Morgan fingerprint density at radius 2 is 1.37 bits per heavy atom. The van der Waals surface area contributed by atoms with Crippen molar-refractivity contribution in [1.82, 2.24) is 0 Å². The summed E-state index contributed by atoms with van der Waals surface area (Å²) in [6.45, 7) is 3.19. The highest BCUT2D eigenvalue weighted by molar-refractivity contribution is 6.03. The van der Waals surface area contributed by atoms with Crippen LogP contribution in [-0.2, 0) is 4.79 Å². The summed E-state index contributed by atoms with van der Waals surface area (Å²) in [6, 6.07) is 12.2. The van der Waals surface area contributed by atoms with Gasteiger partial charge in [0.2, 0.25) is 11.5 Å². The van der Waals surface area contributed by atoms with Crippen LogP contribution in [-0.4, -0.2) is 33.3 Å². The third kappa shape index (κ3) is 3.87. The molecule has 0 aromatic heterocycles. The molecule has 7 nitrogen and oxygen atoms in total. The van der Waals surface area contributed by atoms with Gasteiger partial charge in [0.25, 0.3) is 0 Å². The van der Waals surface area contributed by atoms with Crippen LogP contribution in [0.25, 0.3) is 10.8 Å². The van der Waals surface area contributed by atoms with E-state index in [1.165, 1.54) is 28.3 Å². The van der Waals surface area contributed by atoms with Crippen molar-refractivity contribution in [3.63, 3.8) is 0 Å². The van der Waals surface area contributed by atoms with Crippen LogP contribution in [0.15, 0.2) is 42.5 Å². The summed E-state index contributed by atoms with van der Waals surface area (Å²) in [4.78, 5) is 24.7. The van der Waals surface area contributed by atoms with Gasteiger partial charge in [-0.2, -0.15) is 0 Å². The second-order valence-corrected chi connectivity index (χ2v) is 6.46. The highest BCUT2D eigenvalue weighted by Crippen LogP contribution is 2.51. The van der Waals surface area contributed by atoms with Gasteiger partial charge in [0.1, 0.15) is 11.3 Å². The minimum atomic E-state index is -0.629. The van der Waals surface area contributed by atoms with E-state index in [1.54, 1.807) is 30.3 Å². The molecule has 0 aliphatic rings. The first-order chi connectivity index (χ1) is 14.4. The second kappa shape index (κ2) is 8.73. The Hall–Kier alpha value is -3.74. The predicted molar refractivity (Wildman–Crippen MR) is 111 cm³/mol. The number of carbonyl (C=O) groups is 2. The number of rotatable bonds is 6. The van der Waals surface area contributed by atoms with Crippen molar-refractivity contribution in [3.8, 4) is 28.7 Å². The molecule has 0 fully saturated rings. The molecular formula is C23H22O7. The van der Waals surface area contributed by atoms with Gasteiger partial charge < -0.3 is 23.7 Å². The molecule has 0 aliphatic carbocycles. The van der Waals surface area contributed by atoms with E-state index < -0.39 is 11.9 Å². The molecule has 3 rings (SSSR count). The fourth-order valence-corrected chi connectivity index (χ4v) is 3.17. The predicted octanol–water partition coefficient (Wildman–Crippen LogP) is 4.32. The van der Waals surface area contributed by atoms with Gasteiger partial charge in [-0.25, -0.2) is 4.79 Å². The summed E-state index contributed by atoms with van der Waals surface area (Å²) in [6.07, 6.45) is 0. The van der Waals surface area contributed by atoms with Crippen LogP contribution in [0, 0.1) is 6.92 Å². The molecule has 3 aromatic carbocycles. The number of para-hydroxylation sites is 1. The lowest BCUT2D eigenvalue weighted by Gasteiger charge is -2.19. The first-order valence-corrected chi connectivity index (χ1v) is 9.13. The highest BCUT2D eigenvalue weighted by atomic mass is 16.6. The number of hydrogen-bond acceptors (Lipinski definition) is 7. The van der Waals surface area contributed by atoms with Gasteiger partial charge >= 0.3 is 11.9 Å². The van der Waals surface area contributed by atoms with Crippen LogP contribution in [0.1, 0.15) is 22.8 Å². The molecule has 0 N–H and O–H groups in total. The first-order valence-electron chi connectivity index (χ1n) is 9.13. The minimum Gasteiger partial charge on any atom is -0.496 e. The van der Waals surface area contributed by atoms with E-state index in [-0.39, 0.29) is 28.6 Å². The molecular weight excluding hydrogens is 388 g/mol. The van der Waals surface area contributed by atoms with Crippen LogP contribution in [0.5, 0.6) is 28.7 Å². The smallest absolute Gasteiger partial charge is 0.347 e. The molecule has 0 heterocycles. The number of carbonyl (C=O) groups excluding carboxylic acids is 2. The Morgan fingerprint density at radius 1 is 0.733 bits per heavy atom. The summed E-state index contributed by atoms with van der Waals surface area (Å²) in [5.74, 6) is -0.145. The number of hydrogen-bond donors (Lipinski definition) is 0. The Morgan fingerprint density at radius 3 is 1.97 bits per heavy atom. The Bertz CT molecular complexity index is 1120. The average Bonchev–Trinajstić information content (AvgIpc) is 2.74. The number of ether oxygens (including phenoxy) is 5. The third-order valence-corrected chi connectivity index (χ3v) is 4.46. The van der Waals surface area contributed by atoms with Crippen LogP contribution in [0.3, 0.4) is 0 Å². The molecule has 0 saturated heterocycles. The fourth-order valence-electron chi connectivity index (χ4n) is 3.17. The van der Waals surface area contributed by atoms with Gasteiger partial charge in [0, 0.05) is 17.7 Å². The number of benzene rings is 3. The van der Waals surface area contributed by atoms with Crippen molar-refractivity contribution in [2.24, 2.45) is 0 Å². The molecule has 0 aliphatic heterocycles. The monoisotopic (exact) mass is 410 g/mol. The number of fused-ring (bicyclic) bond motifs is 1. The zero-order chi connectivity index (χ0) is 21.8. The van der Waals surface area contributed by atoms with Crippen LogP contribution in [0.4, 0.5) is 0 Å². The van der Waals surface area contributed by atoms with E-state index in [0.717, 1.165) is 5.56 Å². The first kappa shape index (κ1) is 21.0. The van der Waals surface area contributed by atoms with Gasteiger partial charge in [-0.3, -0.25) is 4.79 Å². The Balaban J connectivity index is 2.26. The maximum absolute atomic E-state index is 13.0. The maximum Gasteiger partial charge on any atom is 0.347 e. The van der Waals surface area contributed by atoms with E-state index in [0.29, 0.717) is 16.5 Å². The van der Waals surface area contributed by atoms with Gasteiger partial charge in [-0.05, 0) is 25.1 Å². The molecule has 30 heavy (non-hydrogen) atoms. The Kier molecular flexibility index (Phi) is 6.11. The lowest BCUT2D eigenvalue weighted by atomic mass is 10.0. The van der Waals surface area contributed by atoms with Crippen LogP contribution < -0.4 is 23.7 Å². The molecule has 0 atom stereocenters. The molecule has 0 amide bonds. The van der Waals surface area contributed by atoms with Crippen molar-refractivity contribution >= 4 is 22.7 Å². The lowest BCUT2D eigenvalue weighted by Crippen LogP contribution is -2.12. The van der Waals surface area contributed by atoms with Gasteiger partial charge in [0.15, 0.2) is 11.5 Å². The molecule has 0 spiro atoms. The fraction of sp³-hybridized carbons (Fsp3) is 0.217. The van der Waals surface area contributed by atoms with Crippen molar-refractivity contribution < 1.29 is 33.3 Å². The zero-order valence-electron chi connectivity index (χ0n) is 17.4. The van der Waals surface area contributed by atoms with Crippen LogP contribution >= 0.6 is 0 Å². The van der Waals surface area contributed by atoms with Crippen LogP contribution in [0.2, 0.25) is 0 Å². The maximum atomic E-state index is 13.0. The van der Waals surface area contributed by atoms with Gasteiger partial charge in [-0.15, -0.1) is 0 Å². The quantitative estimate of drug-likeness (QED) is 0.442. The average molecular weight is 410 g/mol. The van der Waals surface area contributed by atoms with Crippen molar-refractivity contribution in [2.75, 3.05) is 21.3 Å². The highest BCUT2D eigenvalue weighted by Gasteiger charge is 2.27. The lowest BCUT2D eigenvalue weighted by molar-refractivity contribution is -0.131. The SMILES string of the molecule is COc1ccccc1C(=O)Oc1c(OC)c(OC)c(OC(C)=O)c2ccc(C)cc12. The van der Waals surface area contributed by atoms with Gasteiger partial charge in [-0.1, -0.05) is 29.8 Å². The summed E-state index contributed by atoms with van der Waals surface area (Å²) < 4.78 is 27.4. The van der Waals surface area contributed by atoms with Crippen molar-refractivity contribution in [2.45, 2.75) is 13.8 Å². The van der Waals surface area contributed by atoms with E-state index in [9.17, 15) is 9.59 Å². The van der Waals surface area contributed by atoms with Crippen molar-refractivity contribution in [1.29, 1.82) is 0 Å². The summed E-state index contributed by atoms with van der Waals surface area (Å²) in [5.41, 5.74) is 1.17.